The summed E-state index contributed by atoms with van der Waals surface area (Å²) in [4.78, 5) is 15.7. The van der Waals surface area contributed by atoms with Gasteiger partial charge >= 0.3 is 6.03 Å². The summed E-state index contributed by atoms with van der Waals surface area (Å²) in [7, 11) is -2.22. The van der Waals surface area contributed by atoms with Crippen LogP contribution in [0, 0.1) is 6.92 Å². The number of nitrogens with zero attached hydrogens (tertiary/aromatic N) is 2. The van der Waals surface area contributed by atoms with Gasteiger partial charge < -0.3 is 5.32 Å². The van der Waals surface area contributed by atoms with E-state index in [4.69, 9.17) is 0 Å². The summed E-state index contributed by atoms with van der Waals surface area (Å²) in [6, 6.07) is 4.27. The molecule has 0 saturated heterocycles. The summed E-state index contributed by atoms with van der Waals surface area (Å²) < 4.78 is 27.2. The molecule has 0 bridgehead atoms. The van der Waals surface area contributed by atoms with E-state index < -0.39 is 16.1 Å². The number of imidazole rings is 1. The van der Waals surface area contributed by atoms with E-state index in [2.05, 4.69) is 15.0 Å². The lowest BCUT2D eigenvalue weighted by atomic mass is 10.2. The second-order valence-corrected chi connectivity index (χ2v) is 5.94. The normalized spacial score (nSPS) is 11.3. The largest absolute Gasteiger partial charge is 0.331 e. The molecule has 0 aliphatic carbocycles. The molecule has 2 rings (SSSR count). The molecule has 7 nitrogen and oxygen atoms in total. The number of nitrogens with one attached hydrogen (secondary N) is 2. The van der Waals surface area contributed by atoms with Crippen molar-refractivity contribution in [3.63, 3.8) is 0 Å². The minimum absolute atomic E-state index is 0.128. The fraction of sp³-hybridized carbons (Fsp3) is 0.167. The van der Waals surface area contributed by atoms with Gasteiger partial charge in [-0.1, -0.05) is 6.07 Å². The third kappa shape index (κ3) is 2.86. The highest BCUT2D eigenvalue weighted by Crippen LogP contribution is 2.20. The first kappa shape index (κ1) is 14.2. The van der Waals surface area contributed by atoms with Crippen molar-refractivity contribution in [3.05, 3.63) is 42.5 Å². The molecule has 2 aromatic rings. The number of carbonyl (C=O) groups excluding carboxylic acids is 1. The van der Waals surface area contributed by atoms with Gasteiger partial charge in [0.15, 0.2) is 0 Å². The predicted octanol–water partition coefficient (Wildman–Crippen LogP) is 1.18. The van der Waals surface area contributed by atoms with Crippen LogP contribution in [0.2, 0.25) is 0 Å². The third-order valence-corrected chi connectivity index (χ3v) is 4.29. The molecule has 106 valence electrons. The molecule has 0 aliphatic rings. The Morgan fingerprint density at radius 1 is 1.35 bits per heavy atom. The van der Waals surface area contributed by atoms with E-state index >= 15 is 0 Å². The van der Waals surface area contributed by atoms with Crippen LogP contribution in [0.25, 0.3) is 0 Å². The Kier molecular flexibility index (Phi) is 3.86. The van der Waals surface area contributed by atoms with Gasteiger partial charge in [-0.2, -0.15) is 0 Å². The first-order chi connectivity index (χ1) is 9.44. The first-order valence-corrected chi connectivity index (χ1v) is 7.26. The molecule has 0 radical (unpaired) electrons. The summed E-state index contributed by atoms with van der Waals surface area (Å²) in [6.45, 7) is 1.69. The Morgan fingerprint density at radius 2 is 2.10 bits per heavy atom. The summed E-state index contributed by atoms with van der Waals surface area (Å²) in [5.74, 6) is 0. The second-order valence-electron chi connectivity index (χ2n) is 4.09. The minimum atomic E-state index is -3.56. The van der Waals surface area contributed by atoms with E-state index in [0.717, 1.165) is 0 Å². The molecule has 20 heavy (non-hydrogen) atoms. The smallest absolute Gasteiger partial charge is 0.307 e. The number of amides is 1. The summed E-state index contributed by atoms with van der Waals surface area (Å²) in [6.07, 6.45) is 4.33. The number of sulfonamides is 1. The zero-order valence-electron chi connectivity index (χ0n) is 11.0. The number of rotatable bonds is 3. The number of hydrogen-bond donors (Lipinski definition) is 2. The standard InChI is InChI=1S/C12H14N4O3S/c1-9-3-4-10(7-11(9)20(18,19)13-2)15-12(17)16-6-5-14-8-16/h3-8,13H,1-2H3,(H,15,17). The molecule has 8 heteroatoms. The quantitative estimate of drug-likeness (QED) is 0.889. The molecular formula is C12H14N4O3S. The van der Waals surface area contributed by atoms with E-state index in [1.165, 1.54) is 36.4 Å². The lowest BCUT2D eigenvalue weighted by molar-refractivity contribution is 0.253. The third-order valence-electron chi connectivity index (χ3n) is 2.74. The molecule has 0 aliphatic heterocycles. The van der Waals surface area contributed by atoms with E-state index in [1.807, 2.05) is 0 Å². The fourth-order valence-electron chi connectivity index (χ4n) is 1.64. The van der Waals surface area contributed by atoms with E-state index in [-0.39, 0.29) is 4.90 Å². The van der Waals surface area contributed by atoms with Gasteiger partial charge in [-0.3, -0.25) is 4.57 Å². The number of hydrogen-bond acceptors (Lipinski definition) is 4. The van der Waals surface area contributed by atoms with Crippen LogP contribution in [-0.4, -0.2) is 31.0 Å². The Labute approximate surface area is 116 Å². The minimum Gasteiger partial charge on any atom is -0.307 e. The van der Waals surface area contributed by atoms with Gasteiger partial charge in [0.1, 0.15) is 6.33 Å². The molecule has 0 atom stereocenters. The van der Waals surface area contributed by atoms with E-state index in [1.54, 1.807) is 19.1 Å². The van der Waals surface area contributed by atoms with Crippen LogP contribution in [0.15, 0.2) is 41.8 Å². The lowest BCUT2D eigenvalue weighted by Crippen LogP contribution is -2.21. The van der Waals surface area contributed by atoms with Crippen molar-refractivity contribution in [1.29, 1.82) is 0 Å². The number of anilines is 1. The predicted molar refractivity (Wildman–Crippen MR) is 74.1 cm³/mol. The van der Waals surface area contributed by atoms with Crippen molar-refractivity contribution >= 4 is 21.7 Å². The maximum absolute atomic E-state index is 11.8. The Bertz CT molecular complexity index is 723. The summed E-state index contributed by atoms with van der Waals surface area (Å²) in [5, 5.41) is 2.60. The molecular weight excluding hydrogens is 280 g/mol. The van der Waals surface area contributed by atoms with Crippen molar-refractivity contribution in [3.8, 4) is 0 Å². The van der Waals surface area contributed by atoms with Crippen LogP contribution in [0.3, 0.4) is 0 Å². The molecule has 1 amide bonds. The van der Waals surface area contributed by atoms with Gasteiger partial charge in [0.25, 0.3) is 0 Å². The molecule has 1 aromatic heterocycles. The zero-order chi connectivity index (χ0) is 14.8. The monoisotopic (exact) mass is 294 g/mol. The maximum atomic E-state index is 11.8. The highest BCUT2D eigenvalue weighted by atomic mass is 32.2. The van der Waals surface area contributed by atoms with Gasteiger partial charge in [0.2, 0.25) is 10.0 Å². The highest BCUT2D eigenvalue weighted by Gasteiger charge is 2.15. The average Bonchev–Trinajstić information content (AvgIpc) is 2.95. The maximum Gasteiger partial charge on any atom is 0.331 e. The van der Waals surface area contributed by atoms with E-state index in [9.17, 15) is 13.2 Å². The first-order valence-electron chi connectivity index (χ1n) is 5.77. The molecule has 1 heterocycles. The van der Waals surface area contributed by atoms with Gasteiger partial charge in [0, 0.05) is 18.1 Å². The second kappa shape index (κ2) is 5.43. The van der Waals surface area contributed by atoms with Crippen LogP contribution in [0.1, 0.15) is 5.56 Å². The highest BCUT2D eigenvalue weighted by molar-refractivity contribution is 7.89. The van der Waals surface area contributed by atoms with Crippen LogP contribution in [-0.2, 0) is 10.0 Å². The SMILES string of the molecule is CNS(=O)(=O)c1cc(NC(=O)n2ccnc2)ccc1C. The van der Waals surface area contributed by atoms with Crippen LogP contribution in [0.4, 0.5) is 10.5 Å². The van der Waals surface area contributed by atoms with Crippen molar-refractivity contribution in [2.75, 3.05) is 12.4 Å². The van der Waals surface area contributed by atoms with Gasteiger partial charge in [-0.25, -0.2) is 22.9 Å². The Hall–Kier alpha value is -2.19. The van der Waals surface area contributed by atoms with Crippen molar-refractivity contribution in [2.24, 2.45) is 0 Å². The number of carbonyl (C=O) groups is 1. The molecule has 2 N–H and O–H groups in total. The van der Waals surface area contributed by atoms with Gasteiger partial charge in [-0.15, -0.1) is 0 Å². The van der Waals surface area contributed by atoms with Crippen molar-refractivity contribution < 1.29 is 13.2 Å². The number of benzene rings is 1. The van der Waals surface area contributed by atoms with Gasteiger partial charge in [-0.05, 0) is 31.7 Å². The molecule has 0 unspecified atom stereocenters. The van der Waals surface area contributed by atoms with Crippen LogP contribution >= 0.6 is 0 Å². The van der Waals surface area contributed by atoms with Crippen LogP contribution < -0.4 is 10.0 Å². The Morgan fingerprint density at radius 3 is 2.70 bits per heavy atom. The zero-order valence-corrected chi connectivity index (χ0v) is 11.8. The van der Waals surface area contributed by atoms with Crippen molar-refractivity contribution in [2.45, 2.75) is 11.8 Å². The Balaban J connectivity index is 2.31. The van der Waals surface area contributed by atoms with Crippen LogP contribution in [0.5, 0.6) is 0 Å². The lowest BCUT2D eigenvalue weighted by Gasteiger charge is -2.10. The van der Waals surface area contributed by atoms with Crippen molar-refractivity contribution in [1.82, 2.24) is 14.3 Å². The molecule has 0 saturated carbocycles. The average molecular weight is 294 g/mol. The molecule has 1 aromatic carbocycles. The molecule has 0 fully saturated rings. The fourth-order valence-corrected chi connectivity index (χ4v) is 2.64. The molecule has 0 spiro atoms. The number of aryl methyl sites for hydroxylation is 1. The van der Waals surface area contributed by atoms with E-state index in [0.29, 0.717) is 11.3 Å². The summed E-state index contributed by atoms with van der Waals surface area (Å²) >= 11 is 0. The summed E-state index contributed by atoms with van der Waals surface area (Å²) in [5.41, 5.74) is 0.989. The topological polar surface area (TPSA) is 93.1 Å². The van der Waals surface area contributed by atoms with Gasteiger partial charge in [0.05, 0.1) is 4.90 Å². The number of aromatic nitrogens is 2.